The molecular formula is C32H44N4O5. The second kappa shape index (κ2) is 13.4. The first-order chi connectivity index (χ1) is 19.5. The number of nitrogens with one attached hydrogen (secondary N) is 3. The Kier molecular flexibility index (Phi) is 9.91. The monoisotopic (exact) mass is 564 g/mol. The van der Waals surface area contributed by atoms with Gasteiger partial charge in [0.15, 0.2) is 0 Å². The normalized spacial score (nSPS) is 27.9. The van der Waals surface area contributed by atoms with Gasteiger partial charge < -0.3 is 30.7 Å². The van der Waals surface area contributed by atoms with Crippen LogP contribution in [0.2, 0.25) is 0 Å². The second-order valence-corrected chi connectivity index (χ2v) is 11.7. The van der Waals surface area contributed by atoms with Crippen LogP contribution in [0, 0.1) is 5.92 Å². The maximum absolute atomic E-state index is 13.6. The number of ether oxygens (including phenoxy) is 1. The number of phenols is 1. The topological polar surface area (TPSA) is 120 Å². The number of rotatable bonds is 3. The summed E-state index contributed by atoms with van der Waals surface area (Å²) in [6.45, 7) is 7.97. The van der Waals surface area contributed by atoms with Crippen molar-refractivity contribution in [1.82, 2.24) is 20.9 Å². The Morgan fingerprint density at radius 3 is 2.29 bits per heavy atom. The quantitative estimate of drug-likeness (QED) is 0.455. The average Bonchev–Trinajstić information content (AvgIpc) is 3.79. The molecule has 1 fully saturated rings. The third-order valence-electron chi connectivity index (χ3n) is 8.33. The highest BCUT2D eigenvalue weighted by Crippen LogP contribution is 2.34. The van der Waals surface area contributed by atoms with E-state index in [9.17, 15) is 19.5 Å². The molecule has 9 nitrogen and oxygen atoms in total. The maximum atomic E-state index is 13.6. The minimum Gasteiger partial charge on any atom is -0.508 e. The molecule has 222 valence electrons. The number of likely N-dealkylation sites (N-methyl/N-ethyl adjacent to an activating group) is 1. The van der Waals surface area contributed by atoms with Crippen LogP contribution in [0.15, 0.2) is 48.5 Å². The van der Waals surface area contributed by atoms with E-state index in [1.54, 1.807) is 38.2 Å². The first kappa shape index (κ1) is 30.4. The smallest absolute Gasteiger partial charge is 0.243 e. The molecule has 1 heterocycles. The standard InChI is InChI=1S/C32H44N4O5/c1-19-10-11-24-8-6-7-9-27(24)41-20(2)18-33-29(25-12-13-25)32(40)36(5)22(4)30(38)35-28(31(39)34-19)21(3)23-14-16-26(37)17-15-23/h6-9,14-17,19-22,25,28-29,33,37H,10-13,18H2,1-5H3,(H,34,39)(H,35,38)/t19-,20+,21?,22+,28+,29-/m0/s1. The van der Waals surface area contributed by atoms with Crippen LogP contribution in [0.5, 0.6) is 11.5 Å². The van der Waals surface area contributed by atoms with E-state index in [-0.39, 0.29) is 41.5 Å². The minimum atomic E-state index is -0.881. The highest BCUT2D eigenvalue weighted by Gasteiger charge is 2.40. The van der Waals surface area contributed by atoms with E-state index in [1.807, 2.05) is 45.0 Å². The maximum Gasteiger partial charge on any atom is 0.243 e. The zero-order valence-corrected chi connectivity index (χ0v) is 24.7. The van der Waals surface area contributed by atoms with Crippen molar-refractivity contribution in [3.05, 3.63) is 59.7 Å². The Morgan fingerprint density at radius 1 is 0.927 bits per heavy atom. The van der Waals surface area contributed by atoms with E-state index in [0.29, 0.717) is 19.4 Å². The molecule has 1 unspecified atom stereocenters. The van der Waals surface area contributed by atoms with Gasteiger partial charge in [-0.05, 0) is 81.7 Å². The summed E-state index contributed by atoms with van der Waals surface area (Å²) in [4.78, 5) is 42.2. The molecule has 1 aliphatic heterocycles. The Hall–Kier alpha value is -3.59. The van der Waals surface area contributed by atoms with Crippen molar-refractivity contribution in [3.8, 4) is 11.5 Å². The van der Waals surface area contributed by atoms with Crippen LogP contribution >= 0.6 is 0 Å². The van der Waals surface area contributed by atoms with Gasteiger partial charge in [-0.15, -0.1) is 0 Å². The van der Waals surface area contributed by atoms with Crippen molar-refractivity contribution in [2.24, 2.45) is 5.92 Å². The van der Waals surface area contributed by atoms with Crippen LogP contribution < -0.4 is 20.7 Å². The Morgan fingerprint density at radius 2 is 1.61 bits per heavy atom. The lowest BCUT2D eigenvalue weighted by Gasteiger charge is -2.32. The number of para-hydroxylation sites is 1. The molecule has 6 atom stereocenters. The number of hydrogen-bond donors (Lipinski definition) is 4. The SMILES string of the molecule is CC(c1ccc(O)cc1)[C@H]1NC(=O)[C@@H](C)N(C)C(=O)[C@H](C2CC2)NC[C@@H](C)Oc2ccccc2CC[C@H](C)NC1=O. The van der Waals surface area contributed by atoms with Gasteiger partial charge in [-0.3, -0.25) is 14.4 Å². The molecule has 4 N–H and O–H groups in total. The lowest BCUT2D eigenvalue weighted by molar-refractivity contribution is -0.141. The first-order valence-electron chi connectivity index (χ1n) is 14.7. The summed E-state index contributed by atoms with van der Waals surface area (Å²) in [6, 6.07) is 12.3. The number of fused-ring (bicyclic) bond motifs is 1. The molecular weight excluding hydrogens is 520 g/mol. The summed E-state index contributed by atoms with van der Waals surface area (Å²) in [5.41, 5.74) is 1.85. The molecule has 9 heteroatoms. The summed E-state index contributed by atoms with van der Waals surface area (Å²) in [6.07, 6.45) is 3.13. The van der Waals surface area contributed by atoms with Gasteiger partial charge in [-0.1, -0.05) is 37.3 Å². The van der Waals surface area contributed by atoms with Gasteiger partial charge in [0, 0.05) is 25.6 Å². The predicted octanol–water partition coefficient (Wildman–Crippen LogP) is 3.11. The zero-order valence-electron chi connectivity index (χ0n) is 24.7. The largest absolute Gasteiger partial charge is 0.508 e. The Balaban J connectivity index is 1.63. The number of nitrogens with zero attached hydrogens (tertiary/aromatic N) is 1. The Labute approximate surface area is 243 Å². The van der Waals surface area contributed by atoms with Crippen molar-refractivity contribution >= 4 is 17.7 Å². The second-order valence-electron chi connectivity index (χ2n) is 11.7. The fraction of sp³-hybridized carbons (Fsp3) is 0.531. The van der Waals surface area contributed by atoms with Gasteiger partial charge >= 0.3 is 0 Å². The number of carbonyl (C=O) groups excluding carboxylic acids is 3. The number of carbonyl (C=O) groups is 3. The van der Waals surface area contributed by atoms with Crippen LogP contribution in [0.4, 0.5) is 0 Å². The van der Waals surface area contributed by atoms with E-state index in [2.05, 4.69) is 16.0 Å². The third kappa shape index (κ3) is 7.79. The van der Waals surface area contributed by atoms with Gasteiger partial charge in [-0.25, -0.2) is 0 Å². The lowest BCUT2D eigenvalue weighted by atomic mass is 9.91. The number of phenolic OH excluding ortho intramolecular Hbond substituents is 1. The number of benzene rings is 2. The van der Waals surface area contributed by atoms with Gasteiger partial charge in [0.2, 0.25) is 17.7 Å². The van der Waals surface area contributed by atoms with E-state index in [4.69, 9.17) is 4.74 Å². The average molecular weight is 565 g/mol. The highest BCUT2D eigenvalue weighted by molar-refractivity contribution is 5.93. The molecule has 0 radical (unpaired) electrons. The molecule has 0 spiro atoms. The number of aryl methyl sites for hydroxylation is 1. The first-order valence-corrected chi connectivity index (χ1v) is 14.7. The zero-order chi connectivity index (χ0) is 29.7. The third-order valence-corrected chi connectivity index (χ3v) is 8.33. The van der Waals surface area contributed by atoms with Crippen LogP contribution in [-0.2, 0) is 20.8 Å². The van der Waals surface area contributed by atoms with Crippen LogP contribution in [0.1, 0.15) is 64.0 Å². The molecule has 0 bridgehead atoms. The van der Waals surface area contributed by atoms with Gasteiger partial charge in [0.1, 0.15) is 29.7 Å². The van der Waals surface area contributed by atoms with Crippen molar-refractivity contribution in [1.29, 1.82) is 0 Å². The fourth-order valence-electron chi connectivity index (χ4n) is 5.29. The molecule has 3 amide bonds. The fourth-order valence-corrected chi connectivity index (χ4v) is 5.29. The number of amides is 3. The molecule has 2 aromatic carbocycles. The van der Waals surface area contributed by atoms with E-state index in [0.717, 1.165) is 29.7 Å². The highest BCUT2D eigenvalue weighted by atomic mass is 16.5. The molecule has 0 aromatic heterocycles. The van der Waals surface area contributed by atoms with Crippen LogP contribution in [0.3, 0.4) is 0 Å². The van der Waals surface area contributed by atoms with E-state index in [1.165, 1.54) is 4.90 Å². The van der Waals surface area contributed by atoms with Crippen molar-refractivity contribution in [2.45, 2.75) is 89.6 Å². The summed E-state index contributed by atoms with van der Waals surface area (Å²) < 4.78 is 6.30. The summed E-state index contributed by atoms with van der Waals surface area (Å²) >= 11 is 0. The Bertz CT molecular complexity index is 1210. The molecule has 1 saturated carbocycles. The van der Waals surface area contributed by atoms with Crippen LogP contribution in [-0.4, -0.2) is 71.6 Å². The van der Waals surface area contributed by atoms with E-state index >= 15 is 0 Å². The minimum absolute atomic E-state index is 0.124. The molecule has 41 heavy (non-hydrogen) atoms. The molecule has 4 rings (SSSR count). The lowest BCUT2D eigenvalue weighted by Crippen LogP contribution is -2.58. The van der Waals surface area contributed by atoms with Gasteiger partial charge in [0.05, 0.1) is 6.04 Å². The van der Waals surface area contributed by atoms with Gasteiger partial charge in [-0.2, -0.15) is 0 Å². The summed E-state index contributed by atoms with van der Waals surface area (Å²) in [5.74, 6) is -0.0940. The van der Waals surface area contributed by atoms with Crippen LogP contribution in [0.25, 0.3) is 0 Å². The number of hydrogen-bond acceptors (Lipinski definition) is 6. The van der Waals surface area contributed by atoms with Crippen molar-refractivity contribution in [3.63, 3.8) is 0 Å². The van der Waals surface area contributed by atoms with Gasteiger partial charge in [0.25, 0.3) is 0 Å². The number of aromatic hydroxyl groups is 1. The van der Waals surface area contributed by atoms with E-state index < -0.39 is 24.0 Å². The predicted molar refractivity (Wildman–Crippen MR) is 158 cm³/mol. The summed E-state index contributed by atoms with van der Waals surface area (Å²) in [5, 5.41) is 19.2. The summed E-state index contributed by atoms with van der Waals surface area (Å²) in [7, 11) is 1.64. The van der Waals surface area contributed by atoms with Crippen molar-refractivity contribution in [2.75, 3.05) is 13.6 Å². The molecule has 1 aliphatic carbocycles. The molecule has 0 saturated heterocycles. The molecule has 2 aliphatic rings. The molecule has 2 aromatic rings. The van der Waals surface area contributed by atoms with Crippen molar-refractivity contribution < 1.29 is 24.2 Å².